The van der Waals surface area contributed by atoms with Gasteiger partial charge in [0.2, 0.25) is 5.91 Å². The van der Waals surface area contributed by atoms with E-state index in [4.69, 9.17) is 0 Å². The first-order valence-electron chi connectivity index (χ1n) is 9.26. The molecule has 4 rings (SSSR count). The van der Waals surface area contributed by atoms with Gasteiger partial charge in [-0.3, -0.25) is 9.59 Å². The lowest BCUT2D eigenvalue weighted by molar-refractivity contribution is -0.121. The second kappa shape index (κ2) is 7.00. The van der Waals surface area contributed by atoms with E-state index in [-0.39, 0.29) is 18.2 Å². The highest BCUT2D eigenvalue weighted by Crippen LogP contribution is 2.25. The van der Waals surface area contributed by atoms with E-state index in [1.807, 2.05) is 56.4 Å². The van der Waals surface area contributed by atoms with E-state index in [1.54, 1.807) is 0 Å². The van der Waals surface area contributed by atoms with Gasteiger partial charge in [0, 0.05) is 23.6 Å². The average molecular weight is 361 g/mol. The highest BCUT2D eigenvalue weighted by atomic mass is 16.2. The Kier molecular flexibility index (Phi) is 4.54. The van der Waals surface area contributed by atoms with Gasteiger partial charge in [0.1, 0.15) is 0 Å². The highest BCUT2D eigenvalue weighted by molar-refractivity contribution is 6.22. The fourth-order valence-electron chi connectivity index (χ4n) is 3.86. The number of aryl methyl sites for hydroxylation is 2. The number of carbonyl (C=O) groups is 2. The summed E-state index contributed by atoms with van der Waals surface area (Å²) in [5.41, 5.74) is 5.08. The van der Waals surface area contributed by atoms with Crippen LogP contribution in [-0.2, 0) is 16.0 Å². The Morgan fingerprint density at radius 2 is 1.85 bits per heavy atom. The van der Waals surface area contributed by atoms with Crippen molar-refractivity contribution in [1.29, 1.82) is 0 Å². The van der Waals surface area contributed by atoms with Crippen LogP contribution in [0, 0.1) is 13.8 Å². The van der Waals surface area contributed by atoms with Gasteiger partial charge >= 0.3 is 0 Å². The van der Waals surface area contributed by atoms with Crippen LogP contribution in [0.5, 0.6) is 0 Å². The molecule has 27 heavy (non-hydrogen) atoms. The van der Waals surface area contributed by atoms with Gasteiger partial charge in [-0.25, -0.2) is 4.90 Å². The molecule has 0 radical (unpaired) electrons. The highest BCUT2D eigenvalue weighted by Gasteiger charge is 2.39. The molecule has 2 aromatic carbocycles. The fraction of sp³-hybridized carbons (Fsp3) is 0.273. The zero-order valence-electron chi connectivity index (χ0n) is 15.6. The number of anilines is 1. The maximum Gasteiger partial charge on any atom is 0.251 e. The Morgan fingerprint density at radius 1 is 1.11 bits per heavy atom. The third kappa shape index (κ3) is 3.38. The Labute approximate surface area is 158 Å². The molecule has 0 unspecified atom stereocenters. The third-order valence-electron chi connectivity index (χ3n) is 5.07. The first-order chi connectivity index (χ1) is 13.0. The number of aromatic nitrogens is 1. The molecule has 2 amide bonds. The lowest BCUT2D eigenvalue weighted by Gasteiger charge is -2.17. The van der Waals surface area contributed by atoms with Crippen molar-refractivity contribution in [1.82, 2.24) is 10.3 Å². The van der Waals surface area contributed by atoms with E-state index in [2.05, 4.69) is 16.4 Å². The van der Waals surface area contributed by atoms with Gasteiger partial charge in [-0.1, -0.05) is 24.3 Å². The number of nitrogens with one attached hydrogen (secondary N) is 2. The van der Waals surface area contributed by atoms with E-state index >= 15 is 0 Å². The first-order valence-corrected chi connectivity index (χ1v) is 9.26. The maximum absolute atomic E-state index is 12.8. The largest absolute Gasteiger partial charge is 0.361 e. The van der Waals surface area contributed by atoms with Gasteiger partial charge in [0.15, 0.2) is 0 Å². The van der Waals surface area contributed by atoms with E-state index < -0.39 is 6.04 Å². The van der Waals surface area contributed by atoms with E-state index in [0.717, 1.165) is 23.1 Å². The minimum Gasteiger partial charge on any atom is -0.361 e. The van der Waals surface area contributed by atoms with Gasteiger partial charge in [-0.2, -0.15) is 0 Å². The molecule has 3 aromatic rings. The predicted octanol–water partition coefficient (Wildman–Crippen LogP) is 3.25. The van der Waals surface area contributed by atoms with E-state index in [1.165, 1.54) is 15.8 Å². The number of carbonyl (C=O) groups excluding carboxylic acids is 2. The molecular formula is C22H23N3O2. The summed E-state index contributed by atoms with van der Waals surface area (Å²) >= 11 is 0. The summed E-state index contributed by atoms with van der Waals surface area (Å²) in [6.45, 7) is 4.59. The molecule has 1 atom stereocenters. The van der Waals surface area contributed by atoms with E-state index in [0.29, 0.717) is 12.2 Å². The molecule has 138 valence electrons. The number of fused-ring (bicyclic) bond motifs is 1. The van der Waals surface area contributed by atoms with Gasteiger partial charge < -0.3 is 10.3 Å². The lowest BCUT2D eigenvalue weighted by Crippen LogP contribution is -2.39. The Balaban J connectivity index is 1.43. The molecule has 1 aliphatic rings. The number of hydrogen-bond acceptors (Lipinski definition) is 3. The Morgan fingerprint density at radius 3 is 2.63 bits per heavy atom. The SMILES string of the molecule is Cc1cc(C)cc(N2C(=O)C[C@H](NCCc3c[nH]c4ccccc34)C2=O)c1. The van der Waals surface area contributed by atoms with Crippen LogP contribution in [-0.4, -0.2) is 29.4 Å². The molecule has 1 aliphatic heterocycles. The van der Waals surface area contributed by atoms with Gasteiger partial charge in [-0.15, -0.1) is 0 Å². The number of H-pyrrole nitrogens is 1. The quantitative estimate of drug-likeness (QED) is 0.686. The van der Waals surface area contributed by atoms with Crippen molar-refractivity contribution >= 4 is 28.4 Å². The molecule has 2 N–H and O–H groups in total. The molecule has 1 fully saturated rings. The molecule has 5 nitrogen and oxygen atoms in total. The minimum absolute atomic E-state index is 0.144. The second-order valence-corrected chi connectivity index (χ2v) is 7.23. The van der Waals surface area contributed by atoms with Crippen LogP contribution in [0.4, 0.5) is 5.69 Å². The normalized spacial score (nSPS) is 17.3. The molecule has 1 aromatic heterocycles. The average Bonchev–Trinajstić information content (AvgIpc) is 3.15. The van der Waals surface area contributed by atoms with Crippen LogP contribution >= 0.6 is 0 Å². The monoisotopic (exact) mass is 361 g/mol. The molecule has 5 heteroatoms. The van der Waals surface area contributed by atoms with Gasteiger partial charge in [-0.05, 0) is 55.2 Å². The summed E-state index contributed by atoms with van der Waals surface area (Å²) in [7, 11) is 0. The Bertz CT molecular complexity index is 1000. The summed E-state index contributed by atoms with van der Waals surface area (Å²) < 4.78 is 0. The zero-order valence-corrected chi connectivity index (χ0v) is 15.6. The molecule has 0 aliphatic carbocycles. The molecule has 0 bridgehead atoms. The molecule has 0 saturated carbocycles. The summed E-state index contributed by atoms with van der Waals surface area (Å²) in [4.78, 5) is 29.8. The second-order valence-electron chi connectivity index (χ2n) is 7.23. The molecule has 2 heterocycles. The Hall–Kier alpha value is -2.92. The van der Waals surface area contributed by atoms with Crippen LogP contribution in [0.3, 0.4) is 0 Å². The number of para-hydroxylation sites is 1. The summed E-state index contributed by atoms with van der Waals surface area (Å²) in [6.07, 6.45) is 3.01. The van der Waals surface area contributed by atoms with Crippen molar-refractivity contribution in [2.45, 2.75) is 32.7 Å². The van der Waals surface area contributed by atoms with Gasteiger partial charge in [0.05, 0.1) is 18.2 Å². The number of nitrogens with zero attached hydrogens (tertiary/aromatic N) is 1. The number of amides is 2. The van der Waals surface area contributed by atoms with Crippen molar-refractivity contribution < 1.29 is 9.59 Å². The van der Waals surface area contributed by atoms with E-state index in [9.17, 15) is 9.59 Å². The van der Waals surface area contributed by atoms with Crippen LogP contribution in [0.2, 0.25) is 0 Å². The lowest BCUT2D eigenvalue weighted by atomic mass is 10.1. The maximum atomic E-state index is 12.8. The number of imide groups is 1. The molecule has 0 spiro atoms. The number of benzene rings is 2. The summed E-state index contributed by atoms with van der Waals surface area (Å²) in [6, 6.07) is 13.5. The molecule has 1 saturated heterocycles. The molecular weight excluding hydrogens is 338 g/mol. The third-order valence-corrected chi connectivity index (χ3v) is 5.07. The van der Waals surface area contributed by atoms with Crippen LogP contribution < -0.4 is 10.2 Å². The zero-order chi connectivity index (χ0) is 19.0. The fourth-order valence-corrected chi connectivity index (χ4v) is 3.86. The smallest absolute Gasteiger partial charge is 0.251 e. The standard InChI is InChI=1S/C22H23N3O2/c1-14-9-15(2)11-17(10-14)25-21(26)12-20(22(25)27)23-8-7-16-13-24-19-6-4-3-5-18(16)19/h3-6,9-11,13,20,23-24H,7-8,12H2,1-2H3/t20-/m0/s1. The van der Waals surface area contributed by atoms with Crippen LogP contribution in [0.25, 0.3) is 10.9 Å². The van der Waals surface area contributed by atoms with Crippen molar-refractivity contribution in [3.05, 3.63) is 65.4 Å². The van der Waals surface area contributed by atoms with Gasteiger partial charge in [0.25, 0.3) is 5.91 Å². The first kappa shape index (κ1) is 17.5. The van der Waals surface area contributed by atoms with Crippen LogP contribution in [0.1, 0.15) is 23.1 Å². The number of aromatic amines is 1. The van der Waals surface area contributed by atoms with Crippen molar-refractivity contribution in [3.8, 4) is 0 Å². The van der Waals surface area contributed by atoms with Crippen molar-refractivity contribution in [2.75, 3.05) is 11.4 Å². The topological polar surface area (TPSA) is 65.2 Å². The number of hydrogen-bond donors (Lipinski definition) is 2. The van der Waals surface area contributed by atoms with Crippen molar-refractivity contribution in [2.24, 2.45) is 0 Å². The summed E-state index contributed by atoms with van der Waals surface area (Å²) in [5.74, 6) is -0.307. The minimum atomic E-state index is -0.455. The predicted molar refractivity (Wildman–Crippen MR) is 107 cm³/mol. The summed E-state index contributed by atoms with van der Waals surface area (Å²) in [5, 5.41) is 4.47. The van der Waals surface area contributed by atoms with Crippen LogP contribution in [0.15, 0.2) is 48.7 Å². The van der Waals surface area contributed by atoms with Crippen molar-refractivity contribution in [3.63, 3.8) is 0 Å². The number of rotatable bonds is 5.